The van der Waals surface area contributed by atoms with Gasteiger partial charge in [-0.05, 0) is 48.4 Å². The molecule has 1 aliphatic rings. The van der Waals surface area contributed by atoms with Crippen LogP contribution >= 0.6 is 11.3 Å². The molecule has 136 valence electrons. The van der Waals surface area contributed by atoms with Gasteiger partial charge in [0.1, 0.15) is 5.75 Å². The molecule has 2 amide bonds. The predicted octanol–water partition coefficient (Wildman–Crippen LogP) is 3.79. The number of likely N-dealkylation sites (tertiary alicyclic amines) is 1. The Labute approximate surface area is 157 Å². The molecule has 0 saturated carbocycles. The maximum Gasteiger partial charge on any atom is 0.415 e. The summed E-state index contributed by atoms with van der Waals surface area (Å²) in [6.07, 6.45) is 4.80. The summed E-state index contributed by atoms with van der Waals surface area (Å²) < 4.78 is 5.36. The molecular weight excluding hydrogens is 348 g/mol. The van der Waals surface area contributed by atoms with Crippen molar-refractivity contribution in [3.8, 4) is 5.75 Å². The molecule has 2 heterocycles. The van der Waals surface area contributed by atoms with Crippen LogP contribution < -0.4 is 10.1 Å². The molecule has 0 spiro atoms. The highest BCUT2D eigenvalue weighted by molar-refractivity contribution is 7.10. The van der Waals surface area contributed by atoms with Gasteiger partial charge in [-0.15, -0.1) is 11.3 Å². The van der Waals surface area contributed by atoms with Crippen LogP contribution in [0.5, 0.6) is 5.75 Å². The van der Waals surface area contributed by atoms with Crippen LogP contribution in [0.1, 0.15) is 17.7 Å². The number of carbonyl (C=O) groups is 2. The molecule has 0 unspecified atom stereocenters. The Morgan fingerprint density at radius 2 is 1.92 bits per heavy atom. The number of hydrogen-bond donors (Lipinski definition) is 1. The molecule has 1 N–H and O–H groups in total. The average Bonchev–Trinajstić information content (AvgIpc) is 3.19. The van der Waals surface area contributed by atoms with Gasteiger partial charge in [0.25, 0.3) is 0 Å². The largest absolute Gasteiger partial charge is 0.415 e. The highest BCUT2D eigenvalue weighted by Gasteiger charge is 2.24. The maximum absolute atomic E-state index is 12.2. The van der Waals surface area contributed by atoms with E-state index in [0.29, 0.717) is 31.3 Å². The number of amides is 2. The lowest BCUT2D eigenvalue weighted by atomic mass is 9.97. The average molecular weight is 370 g/mol. The summed E-state index contributed by atoms with van der Waals surface area (Å²) in [5.41, 5.74) is 0. The van der Waals surface area contributed by atoms with Crippen molar-refractivity contribution in [2.24, 2.45) is 5.92 Å². The van der Waals surface area contributed by atoms with Crippen molar-refractivity contribution in [2.45, 2.75) is 12.8 Å². The topological polar surface area (TPSA) is 58.6 Å². The third kappa shape index (κ3) is 5.46. The van der Waals surface area contributed by atoms with E-state index in [0.717, 1.165) is 17.7 Å². The number of rotatable bonds is 5. The van der Waals surface area contributed by atoms with E-state index in [-0.39, 0.29) is 12.0 Å². The first-order valence-corrected chi connectivity index (χ1v) is 9.60. The molecule has 6 heteroatoms. The predicted molar refractivity (Wildman–Crippen MR) is 103 cm³/mol. The minimum atomic E-state index is -0.308. The second-order valence-electron chi connectivity index (χ2n) is 6.21. The molecule has 26 heavy (non-hydrogen) atoms. The molecular formula is C20H22N2O3S. The molecule has 1 saturated heterocycles. The SMILES string of the molecule is O=C(C=Cc1cccs1)NCC1CCN(C(=O)Oc2ccccc2)CC1. The first-order valence-electron chi connectivity index (χ1n) is 8.72. The number of carbonyl (C=O) groups excluding carboxylic acids is 2. The summed E-state index contributed by atoms with van der Waals surface area (Å²) in [6.45, 7) is 1.93. The molecule has 5 nitrogen and oxygen atoms in total. The van der Waals surface area contributed by atoms with Gasteiger partial charge in [-0.3, -0.25) is 4.79 Å². The fourth-order valence-electron chi connectivity index (χ4n) is 2.82. The van der Waals surface area contributed by atoms with Crippen LogP contribution in [-0.4, -0.2) is 36.5 Å². The summed E-state index contributed by atoms with van der Waals surface area (Å²) in [7, 11) is 0. The van der Waals surface area contributed by atoms with Gasteiger partial charge in [0.2, 0.25) is 5.91 Å². The Balaban J connectivity index is 1.37. The van der Waals surface area contributed by atoms with E-state index in [4.69, 9.17) is 4.74 Å². The zero-order valence-electron chi connectivity index (χ0n) is 14.5. The van der Waals surface area contributed by atoms with E-state index >= 15 is 0 Å². The van der Waals surface area contributed by atoms with Crippen LogP contribution in [0.2, 0.25) is 0 Å². The molecule has 0 radical (unpaired) electrons. The third-order valence-electron chi connectivity index (χ3n) is 4.33. The summed E-state index contributed by atoms with van der Waals surface area (Å²) in [6, 6.07) is 13.0. The fraction of sp³-hybridized carbons (Fsp3) is 0.300. The van der Waals surface area contributed by atoms with E-state index < -0.39 is 0 Å². The van der Waals surface area contributed by atoms with Gasteiger partial charge >= 0.3 is 6.09 Å². The zero-order valence-corrected chi connectivity index (χ0v) is 15.3. The summed E-state index contributed by atoms with van der Waals surface area (Å²) in [5, 5.41) is 4.92. The van der Waals surface area contributed by atoms with Crippen molar-refractivity contribution >= 4 is 29.4 Å². The number of ether oxygens (including phenoxy) is 1. The number of hydrogen-bond acceptors (Lipinski definition) is 4. The number of thiophene rings is 1. The minimum Gasteiger partial charge on any atom is -0.410 e. The molecule has 0 bridgehead atoms. The quantitative estimate of drug-likeness (QED) is 0.815. The highest BCUT2D eigenvalue weighted by atomic mass is 32.1. The number of para-hydroxylation sites is 1. The van der Waals surface area contributed by atoms with Crippen LogP contribution in [0, 0.1) is 5.92 Å². The summed E-state index contributed by atoms with van der Waals surface area (Å²) in [5.74, 6) is 0.864. The third-order valence-corrected chi connectivity index (χ3v) is 5.17. The van der Waals surface area contributed by atoms with Gasteiger partial charge < -0.3 is 15.0 Å². The van der Waals surface area contributed by atoms with Crippen LogP contribution in [0.15, 0.2) is 53.9 Å². The van der Waals surface area contributed by atoms with Gasteiger partial charge in [-0.1, -0.05) is 24.3 Å². The fourth-order valence-corrected chi connectivity index (χ4v) is 3.44. The van der Waals surface area contributed by atoms with Crippen LogP contribution in [0.25, 0.3) is 6.08 Å². The molecule has 0 atom stereocenters. The van der Waals surface area contributed by atoms with Gasteiger partial charge in [-0.2, -0.15) is 0 Å². The molecule has 1 aromatic carbocycles. The molecule has 0 aliphatic carbocycles. The van der Waals surface area contributed by atoms with Crippen molar-refractivity contribution in [3.05, 3.63) is 58.8 Å². The summed E-state index contributed by atoms with van der Waals surface area (Å²) in [4.78, 5) is 26.8. The molecule has 1 aromatic heterocycles. The lowest BCUT2D eigenvalue weighted by Crippen LogP contribution is -2.42. The Hall–Kier alpha value is -2.60. The van der Waals surface area contributed by atoms with Crippen LogP contribution in [0.3, 0.4) is 0 Å². The Bertz CT molecular complexity index is 736. The van der Waals surface area contributed by atoms with Crippen LogP contribution in [-0.2, 0) is 4.79 Å². The second-order valence-corrected chi connectivity index (χ2v) is 7.18. The van der Waals surface area contributed by atoms with Crippen molar-refractivity contribution in [1.29, 1.82) is 0 Å². The number of nitrogens with one attached hydrogen (secondary N) is 1. The van der Waals surface area contributed by atoms with Gasteiger partial charge in [0.05, 0.1) is 0 Å². The second kappa shape index (κ2) is 9.20. The highest BCUT2D eigenvalue weighted by Crippen LogP contribution is 2.18. The van der Waals surface area contributed by atoms with Crippen molar-refractivity contribution < 1.29 is 14.3 Å². The lowest BCUT2D eigenvalue weighted by molar-refractivity contribution is -0.116. The monoisotopic (exact) mass is 370 g/mol. The molecule has 3 rings (SSSR count). The zero-order chi connectivity index (χ0) is 18.2. The smallest absolute Gasteiger partial charge is 0.410 e. The Morgan fingerprint density at radius 1 is 1.15 bits per heavy atom. The number of piperidine rings is 1. The standard InChI is InChI=1S/C20H22N2O3S/c23-19(9-8-18-7-4-14-26-18)21-15-16-10-12-22(13-11-16)20(24)25-17-5-2-1-3-6-17/h1-9,14,16H,10-13,15H2,(H,21,23). The Kier molecular flexibility index (Phi) is 6.44. The normalized spacial score (nSPS) is 15.2. The first-order chi connectivity index (χ1) is 12.7. The molecule has 1 fully saturated rings. The van der Waals surface area contributed by atoms with E-state index in [1.807, 2.05) is 41.8 Å². The lowest BCUT2D eigenvalue weighted by Gasteiger charge is -2.31. The van der Waals surface area contributed by atoms with Crippen molar-refractivity contribution in [1.82, 2.24) is 10.2 Å². The van der Waals surface area contributed by atoms with Crippen LogP contribution in [0.4, 0.5) is 4.79 Å². The van der Waals surface area contributed by atoms with E-state index in [1.165, 1.54) is 0 Å². The van der Waals surface area contributed by atoms with Gasteiger partial charge in [0, 0.05) is 30.6 Å². The molecule has 1 aliphatic heterocycles. The first kappa shape index (κ1) is 18.2. The number of benzene rings is 1. The number of nitrogens with zero attached hydrogens (tertiary/aromatic N) is 1. The van der Waals surface area contributed by atoms with E-state index in [2.05, 4.69) is 5.32 Å². The van der Waals surface area contributed by atoms with E-state index in [9.17, 15) is 9.59 Å². The van der Waals surface area contributed by atoms with Gasteiger partial charge in [-0.25, -0.2) is 4.79 Å². The van der Waals surface area contributed by atoms with Crippen molar-refractivity contribution in [2.75, 3.05) is 19.6 Å². The van der Waals surface area contributed by atoms with Gasteiger partial charge in [0.15, 0.2) is 0 Å². The maximum atomic E-state index is 12.2. The van der Waals surface area contributed by atoms with Crippen molar-refractivity contribution in [3.63, 3.8) is 0 Å². The Morgan fingerprint density at radius 3 is 2.62 bits per heavy atom. The van der Waals surface area contributed by atoms with E-state index in [1.54, 1.807) is 34.4 Å². The molecule has 2 aromatic rings. The minimum absolute atomic E-state index is 0.0793. The summed E-state index contributed by atoms with van der Waals surface area (Å²) >= 11 is 1.60.